The number of hydrogen-bond acceptors (Lipinski definition) is 2. The monoisotopic (exact) mass is 238 g/mol. The van der Waals surface area contributed by atoms with Gasteiger partial charge in [0.1, 0.15) is 0 Å². The zero-order chi connectivity index (χ0) is 11.4. The number of halogens is 1. The van der Waals surface area contributed by atoms with E-state index in [1.807, 2.05) is 12.1 Å². The van der Waals surface area contributed by atoms with E-state index in [-0.39, 0.29) is 0 Å². The Labute approximate surface area is 102 Å². The van der Waals surface area contributed by atoms with E-state index in [1.54, 1.807) is 0 Å². The van der Waals surface area contributed by atoms with Crippen molar-refractivity contribution in [3.63, 3.8) is 0 Å². The van der Waals surface area contributed by atoms with E-state index in [1.165, 1.54) is 36.9 Å². The van der Waals surface area contributed by atoms with Gasteiger partial charge in [0.15, 0.2) is 0 Å². The van der Waals surface area contributed by atoms with Crippen molar-refractivity contribution < 1.29 is 0 Å². The second-order valence-electron chi connectivity index (χ2n) is 4.38. The summed E-state index contributed by atoms with van der Waals surface area (Å²) in [6.45, 7) is 2.85. The van der Waals surface area contributed by atoms with Gasteiger partial charge in [0, 0.05) is 30.3 Å². The van der Waals surface area contributed by atoms with Crippen LogP contribution in [0.3, 0.4) is 0 Å². The maximum absolute atomic E-state index is 6.07. The molecule has 1 aliphatic heterocycles. The molecular weight excluding hydrogens is 220 g/mol. The Kier molecular flexibility index (Phi) is 4.08. The van der Waals surface area contributed by atoms with Crippen molar-refractivity contribution in [1.82, 2.24) is 0 Å². The molecule has 1 aliphatic rings. The summed E-state index contributed by atoms with van der Waals surface area (Å²) in [5.74, 6) is 0. The van der Waals surface area contributed by atoms with Crippen molar-refractivity contribution in [2.75, 3.05) is 18.0 Å². The van der Waals surface area contributed by atoms with E-state index in [4.69, 9.17) is 17.3 Å². The molecule has 1 aromatic rings. The van der Waals surface area contributed by atoms with Crippen LogP contribution in [0, 0.1) is 0 Å². The molecule has 0 unspecified atom stereocenters. The highest BCUT2D eigenvalue weighted by atomic mass is 35.5. The molecule has 2 N–H and O–H groups in total. The number of anilines is 1. The van der Waals surface area contributed by atoms with Crippen LogP contribution in [0.15, 0.2) is 18.2 Å². The average Bonchev–Trinajstić information content (AvgIpc) is 2.57. The molecule has 2 nitrogen and oxygen atoms in total. The van der Waals surface area contributed by atoms with Crippen molar-refractivity contribution in [3.8, 4) is 0 Å². The van der Waals surface area contributed by atoms with Gasteiger partial charge in [0.05, 0.1) is 0 Å². The highest BCUT2D eigenvalue weighted by Gasteiger charge is 2.13. The Morgan fingerprint density at radius 2 is 1.81 bits per heavy atom. The Morgan fingerprint density at radius 3 is 2.44 bits per heavy atom. The Hall–Kier alpha value is -0.730. The quantitative estimate of drug-likeness (QED) is 0.858. The molecule has 0 saturated carbocycles. The average molecular weight is 239 g/mol. The van der Waals surface area contributed by atoms with Crippen molar-refractivity contribution in [3.05, 3.63) is 28.8 Å². The van der Waals surface area contributed by atoms with E-state index >= 15 is 0 Å². The number of nitrogens with zero attached hydrogens (tertiary/aromatic N) is 1. The van der Waals surface area contributed by atoms with Gasteiger partial charge in [-0.15, -0.1) is 0 Å². The van der Waals surface area contributed by atoms with Crippen molar-refractivity contribution in [2.45, 2.75) is 32.2 Å². The van der Waals surface area contributed by atoms with Crippen LogP contribution in [-0.2, 0) is 6.54 Å². The van der Waals surface area contributed by atoms with Crippen LogP contribution in [0.25, 0.3) is 0 Å². The highest BCUT2D eigenvalue weighted by Crippen LogP contribution is 2.26. The number of nitrogens with two attached hydrogens (primary N) is 1. The van der Waals surface area contributed by atoms with Gasteiger partial charge < -0.3 is 10.6 Å². The fraction of sp³-hybridized carbons (Fsp3) is 0.538. The molecule has 1 fully saturated rings. The minimum absolute atomic E-state index is 0.586. The molecule has 3 heteroatoms. The first-order valence-corrected chi connectivity index (χ1v) is 6.42. The molecule has 1 heterocycles. The van der Waals surface area contributed by atoms with E-state index in [9.17, 15) is 0 Å². The Bertz CT molecular complexity index is 344. The predicted octanol–water partition coefficient (Wildman–Crippen LogP) is 3.18. The molecule has 0 atom stereocenters. The number of rotatable bonds is 2. The SMILES string of the molecule is NCc1ccc(Cl)cc1N1CCCCCC1. The van der Waals surface area contributed by atoms with Crippen molar-refractivity contribution >= 4 is 17.3 Å². The summed E-state index contributed by atoms with van der Waals surface area (Å²) in [6.07, 6.45) is 5.23. The summed E-state index contributed by atoms with van der Waals surface area (Å²) in [4.78, 5) is 2.43. The lowest BCUT2D eigenvalue weighted by Gasteiger charge is -2.25. The predicted molar refractivity (Wildman–Crippen MR) is 70.0 cm³/mol. The second-order valence-corrected chi connectivity index (χ2v) is 4.81. The van der Waals surface area contributed by atoms with Crippen molar-refractivity contribution in [2.24, 2.45) is 5.73 Å². The van der Waals surface area contributed by atoms with E-state index < -0.39 is 0 Å². The lowest BCUT2D eigenvalue weighted by Crippen LogP contribution is -2.25. The van der Waals surface area contributed by atoms with E-state index in [2.05, 4.69) is 11.0 Å². The topological polar surface area (TPSA) is 29.3 Å². The number of benzene rings is 1. The summed E-state index contributed by atoms with van der Waals surface area (Å²) in [5.41, 5.74) is 8.21. The molecule has 0 aromatic heterocycles. The summed E-state index contributed by atoms with van der Waals surface area (Å²) in [7, 11) is 0. The zero-order valence-corrected chi connectivity index (χ0v) is 10.3. The molecule has 2 rings (SSSR count). The molecule has 16 heavy (non-hydrogen) atoms. The molecule has 0 radical (unpaired) electrons. The summed E-state index contributed by atoms with van der Waals surface area (Å²) in [6, 6.07) is 6.02. The van der Waals surface area contributed by atoms with Crippen LogP contribution in [0.4, 0.5) is 5.69 Å². The van der Waals surface area contributed by atoms with Gasteiger partial charge in [0.2, 0.25) is 0 Å². The first-order chi connectivity index (χ1) is 7.81. The van der Waals surface area contributed by atoms with Gasteiger partial charge in [-0.2, -0.15) is 0 Å². The summed E-state index contributed by atoms with van der Waals surface area (Å²) >= 11 is 6.07. The standard InChI is InChI=1S/C13H19ClN2/c14-12-6-5-11(10-15)13(9-12)16-7-3-1-2-4-8-16/h5-6,9H,1-4,7-8,10,15H2. The summed E-state index contributed by atoms with van der Waals surface area (Å²) in [5, 5.41) is 0.802. The Balaban J connectivity index is 2.25. The molecular formula is C13H19ClN2. The fourth-order valence-electron chi connectivity index (χ4n) is 2.32. The maximum atomic E-state index is 6.07. The highest BCUT2D eigenvalue weighted by molar-refractivity contribution is 6.30. The van der Waals surface area contributed by atoms with Gasteiger partial charge in [-0.1, -0.05) is 30.5 Å². The lowest BCUT2D eigenvalue weighted by molar-refractivity contribution is 0.726. The van der Waals surface area contributed by atoms with Gasteiger partial charge in [0.25, 0.3) is 0 Å². The van der Waals surface area contributed by atoms with Crippen LogP contribution in [-0.4, -0.2) is 13.1 Å². The van der Waals surface area contributed by atoms with Gasteiger partial charge in [-0.25, -0.2) is 0 Å². The molecule has 0 bridgehead atoms. The van der Waals surface area contributed by atoms with Crippen LogP contribution < -0.4 is 10.6 Å². The van der Waals surface area contributed by atoms with Gasteiger partial charge in [-0.3, -0.25) is 0 Å². The minimum Gasteiger partial charge on any atom is -0.371 e. The maximum Gasteiger partial charge on any atom is 0.0426 e. The first kappa shape index (κ1) is 11.7. The Morgan fingerprint density at radius 1 is 1.12 bits per heavy atom. The normalized spacial score (nSPS) is 17.2. The van der Waals surface area contributed by atoms with Gasteiger partial charge >= 0.3 is 0 Å². The van der Waals surface area contributed by atoms with Crippen LogP contribution in [0.2, 0.25) is 5.02 Å². The molecule has 1 saturated heterocycles. The van der Waals surface area contributed by atoms with Gasteiger partial charge in [-0.05, 0) is 30.5 Å². The zero-order valence-electron chi connectivity index (χ0n) is 9.58. The molecule has 0 spiro atoms. The largest absolute Gasteiger partial charge is 0.371 e. The van der Waals surface area contributed by atoms with E-state index in [0.717, 1.165) is 18.1 Å². The number of hydrogen-bond donors (Lipinski definition) is 1. The molecule has 1 aromatic carbocycles. The third-order valence-corrected chi connectivity index (χ3v) is 3.45. The second kappa shape index (κ2) is 5.55. The smallest absolute Gasteiger partial charge is 0.0426 e. The fourth-order valence-corrected chi connectivity index (χ4v) is 2.48. The van der Waals surface area contributed by atoms with E-state index in [0.29, 0.717) is 6.54 Å². The summed E-state index contributed by atoms with van der Waals surface area (Å²) < 4.78 is 0. The third-order valence-electron chi connectivity index (χ3n) is 3.21. The molecule has 88 valence electrons. The van der Waals surface area contributed by atoms with Crippen LogP contribution in [0.1, 0.15) is 31.2 Å². The van der Waals surface area contributed by atoms with Crippen LogP contribution >= 0.6 is 11.6 Å². The lowest BCUT2D eigenvalue weighted by atomic mass is 10.1. The van der Waals surface area contributed by atoms with Crippen LogP contribution in [0.5, 0.6) is 0 Å². The minimum atomic E-state index is 0.586. The first-order valence-electron chi connectivity index (χ1n) is 6.04. The molecule has 0 amide bonds. The third kappa shape index (κ3) is 2.69. The molecule has 0 aliphatic carbocycles. The van der Waals surface area contributed by atoms with Crippen molar-refractivity contribution in [1.29, 1.82) is 0 Å².